The molecule has 2 aromatic carbocycles. The summed E-state index contributed by atoms with van der Waals surface area (Å²) < 4.78 is 43.6. The molecule has 3 aromatic rings. The minimum atomic E-state index is -4.40. The minimum absolute atomic E-state index is 0.210. The summed E-state index contributed by atoms with van der Waals surface area (Å²) in [4.78, 5) is 6.39. The van der Waals surface area contributed by atoms with Crippen molar-refractivity contribution in [3.05, 3.63) is 70.6 Å². The predicted octanol–water partition coefficient (Wildman–Crippen LogP) is 4.72. The van der Waals surface area contributed by atoms with Crippen molar-refractivity contribution in [3.63, 3.8) is 0 Å². The monoisotopic (exact) mass is 423 g/mol. The van der Waals surface area contributed by atoms with E-state index in [4.69, 9.17) is 16.1 Å². The molecule has 152 valence electrons. The van der Waals surface area contributed by atoms with E-state index in [1.807, 2.05) is 17.0 Å². The van der Waals surface area contributed by atoms with Crippen molar-refractivity contribution in [2.75, 3.05) is 6.54 Å². The first kappa shape index (κ1) is 19.9. The Balaban J connectivity index is 1.53. The number of aromatic nitrogens is 2. The van der Waals surface area contributed by atoms with Crippen LogP contribution in [0.3, 0.4) is 0 Å². The van der Waals surface area contributed by atoms with Crippen molar-refractivity contribution in [3.8, 4) is 11.4 Å². The number of alkyl halides is 3. The highest BCUT2D eigenvalue weighted by atomic mass is 35.5. The minimum Gasteiger partial charge on any atom is -0.392 e. The van der Waals surface area contributed by atoms with Gasteiger partial charge in [0.15, 0.2) is 0 Å². The van der Waals surface area contributed by atoms with Gasteiger partial charge in [-0.3, -0.25) is 4.90 Å². The van der Waals surface area contributed by atoms with E-state index >= 15 is 0 Å². The molecule has 0 aliphatic carbocycles. The molecule has 0 bridgehead atoms. The van der Waals surface area contributed by atoms with Gasteiger partial charge in [-0.15, -0.1) is 0 Å². The third-order valence-corrected chi connectivity index (χ3v) is 5.13. The molecule has 2 atom stereocenters. The molecule has 4 rings (SSSR count). The molecular formula is C20H17ClF3N3O2. The maximum atomic E-state index is 12.7. The Morgan fingerprint density at radius 2 is 1.79 bits per heavy atom. The van der Waals surface area contributed by atoms with Crippen molar-refractivity contribution in [2.24, 2.45) is 0 Å². The van der Waals surface area contributed by atoms with E-state index in [1.165, 1.54) is 12.1 Å². The van der Waals surface area contributed by atoms with Crippen LogP contribution in [0.1, 0.15) is 29.5 Å². The Kier molecular flexibility index (Phi) is 5.33. The third-order valence-electron chi connectivity index (χ3n) is 4.88. The lowest BCUT2D eigenvalue weighted by Gasteiger charge is -2.21. The van der Waals surface area contributed by atoms with E-state index in [0.29, 0.717) is 36.0 Å². The molecule has 0 amide bonds. The molecule has 9 heteroatoms. The number of hydrogen-bond donors (Lipinski definition) is 1. The smallest absolute Gasteiger partial charge is 0.392 e. The van der Waals surface area contributed by atoms with Crippen LogP contribution in [-0.4, -0.2) is 32.8 Å². The second-order valence-electron chi connectivity index (χ2n) is 6.99. The van der Waals surface area contributed by atoms with Gasteiger partial charge in [-0.25, -0.2) is 0 Å². The molecule has 5 nitrogen and oxygen atoms in total. The van der Waals surface area contributed by atoms with Crippen molar-refractivity contribution in [2.45, 2.75) is 31.3 Å². The van der Waals surface area contributed by atoms with Gasteiger partial charge in [0.05, 0.1) is 17.7 Å². The number of benzene rings is 2. The molecule has 29 heavy (non-hydrogen) atoms. The summed E-state index contributed by atoms with van der Waals surface area (Å²) >= 11 is 5.92. The maximum absolute atomic E-state index is 12.7. The average molecular weight is 424 g/mol. The Hall–Kier alpha value is -2.42. The summed E-state index contributed by atoms with van der Waals surface area (Å²) in [5, 5.41) is 14.7. The van der Waals surface area contributed by atoms with Crippen LogP contribution in [0.5, 0.6) is 0 Å². The first-order valence-corrected chi connectivity index (χ1v) is 9.35. The fourth-order valence-corrected chi connectivity index (χ4v) is 3.56. The molecule has 0 radical (unpaired) electrons. The zero-order valence-electron chi connectivity index (χ0n) is 15.1. The van der Waals surface area contributed by atoms with E-state index < -0.39 is 17.8 Å². The SMILES string of the molecule is O[C@@H]1C[C@@H](c2nc(-c3ccc(C(F)(F)F)cc3)no2)N(Cc2ccc(Cl)cc2)C1. The van der Waals surface area contributed by atoms with Gasteiger partial charge in [0.2, 0.25) is 11.7 Å². The van der Waals surface area contributed by atoms with Crippen LogP contribution in [0.2, 0.25) is 5.02 Å². The Labute approximate surface area is 169 Å². The zero-order valence-corrected chi connectivity index (χ0v) is 15.9. The van der Waals surface area contributed by atoms with Crippen LogP contribution in [0.25, 0.3) is 11.4 Å². The lowest BCUT2D eigenvalue weighted by Crippen LogP contribution is -2.24. The summed E-state index contributed by atoms with van der Waals surface area (Å²) in [6.45, 7) is 1.02. The zero-order chi connectivity index (χ0) is 20.6. The lowest BCUT2D eigenvalue weighted by molar-refractivity contribution is -0.137. The number of halogens is 4. The second-order valence-corrected chi connectivity index (χ2v) is 7.43. The first-order valence-electron chi connectivity index (χ1n) is 8.97. The van der Waals surface area contributed by atoms with Gasteiger partial charge in [0, 0.05) is 23.7 Å². The summed E-state index contributed by atoms with van der Waals surface area (Å²) in [7, 11) is 0. The molecular weight excluding hydrogens is 407 g/mol. The average Bonchev–Trinajstić information content (AvgIpc) is 3.30. The van der Waals surface area contributed by atoms with Crippen molar-refractivity contribution in [1.29, 1.82) is 0 Å². The number of rotatable bonds is 4. The van der Waals surface area contributed by atoms with E-state index in [0.717, 1.165) is 17.7 Å². The molecule has 0 spiro atoms. The molecule has 0 saturated carbocycles. The normalized spacial score (nSPS) is 20.3. The second kappa shape index (κ2) is 7.78. The van der Waals surface area contributed by atoms with Gasteiger partial charge < -0.3 is 9.63 Å². The fourth-order valence-electron chi connectivity index (χ4n) is 3.43. The molecule has 1 aliphatic rings. The number of aliphatic hydroxyl groups is 1. The first-order chi connectivity index (χ1) is 13.8. The highest BCUT2D eigenvalue weighted by Crippen LogP contribution is 2.34. The van der Waals surface area contributed by atoms with Crippen LogP contribution in [0, 0.1) is 0 Å². The molecule has 1 aliphatic heterocycles. The van der Waals surface area contributed by atoms with Gasteiger partial charge in [0.25, 0.3) is 0 Å². The van der Waals surface area contributed by atoms with Gasteiger partial charge in [-0.2, -0.15) is 18.2 Å². The fraction of sp³-hybridized carbons (Fsp3) is 0.300. The summed E-state index contributed by atoms with van der Waals surface area (Å²) in [5.74, 6) is 0.534. The lowest BCUT2D eigenvalue weighted by atomic mass is 10.1. The molecule has 1 aromatic heterocycles. The number of likely N-dealkylation sites (tertiary alicyclic amines) is 1. The molecule has 2 heterocycles. The van der Waals surface area contributed by atoms with E-state index in [2.05, 4.69) is 10.1 Å². The summed E-state index contributed by atoms with van der Waals surface area (Å²) in [5.41, 5.74) is 0.713. The van der Waals surface area contributed by atoms with E-state index in [-0.39, 0.29) is 11.9 Å². The standard InChI is InChI=1S/C20H17ClF3N3O2/c21-15-7-1-12(2-8-15)10-27-11-16(28)9-17(27)19-25-18(26-29-19)13-3-5-14(6-4-13)20(22,23)24/h1-8,16-17,28H,9-11H2/t16-,17+/m1/s1. The van der Waals surface area contributed by atoms with Crippen LogP contribution in [0.4, 0.5) is 13.2 Å². The number of hydrogen-bond acceptors (Lipinski definition) is 5. The van der Waals surface area contributed by atoms with Gasteiger partial charge in [-0.05, 0) is 36.2 Å². The van der Waals surface area contributed by atoms with Crippen molar-refractivity contribution < 1.29 is 22.8 Å². The van der Waals surface area contributed by atoms with E-state index in [9.17, 15) is 18.3 Å². The quantitative estimate of drug-likeness (QED) is 0.658. The molecule has 1 fully saturated rings. The number of aliphatic hydroxyl groups excluding tert-OH is 1. The van der Waals surface area contributed by atoms with Crippen LogP contribution in [-0.2, 0) is 12.7 Å². The molecule has 1 saturated heterocycles. The van der Waals surface area contributed by atoms with E-state index in [1.54, 1.807) is 12.1 Å². The predicted molar refractivity (Wildman–Crippen MR) is 100.0 cm³/mol. The largest absolute Gasteiger partial charge is 0.416 e. The van der Waals surface area contributed by atoms with Gasteiger partial charge in [-0.1, -0.05) is 41.0 Å². The van der Waals surface area contributed by atoms with Crippen LogP contribution in [0.15, 0.2) is 53.1 Å². The van der Waals surface area contributed by atoms with Gasteiger partial charge in [0.1, 0.15) is 0 Å². The van der Waals surface area contributed by atoms with Crippen molar-refractivity contribution >= 4 is 11.6 Å². The summed E-state index contributed by atoms with van der Waals surface area (Å²) in [6, 6.07) is 11.7. The number of nitrogens with zero attached hydrogens (tertiary/aromatic N) is 3. The topological polar surface area (TPSA) is 62.4 Å². The Morgan fingerprint density at radius 1 is 1.10 bits per heavy atom. The highest BCUT2D eigenvalue weighted by Gasteiger charge is 2.36. The van der Waals surface area contributed by atoms with Crippen LogP contribution >= 0.6 is 11.6 Å². The van der Waals surface area contributed by atoms with Crippen LogP contribution < -0.4 is 0 Å². The molecule has 1 N–H and O–H groups in total. The maximum Gasteiger partial charge on any atom is 0.416 e. The van der Waals surface area contributed by atoms with Gasteiger partial charge >= 0.3 is 6.18 Å². The Bertz CT molecular complexity index is 974. The number of β-amino-alcohol motifs (C(OH)–C–C–N with tert-alkyl or cyclic N) is 1. The third kappa shape index (κ3) is 4.44. The molecule has 0 unspecified atom stereocenters. The highest BCUT2D eigenvalue weighted by molar-refractivity contribution is 6.30. The Morgan fingerprint density at radius 3 is 2.45 bits per heavy atom. The summed E-state index contributed by atoms with van der Waals surface area (Å²) in [6.07, 6.45) is -4.50. The van der Waals surface area contributed by atoms with Crippen molar-refractivity contribution in [1.82, 2.24) is 15.0 Å².